The normalized spacial score (nSPS) is 16.5. The lowest BCUT2D eigenvalue weighted by atomic mass is 9.85. The molecule has 0 spiro atoms. The maximum atomic E-state index is 8.29. The molecule has 0 aliphatic heterocycles. The molecule has 6 rings (SSSR count). The Morgan fingerprint density at radius 2 is 0.619 bits per heavy atom. The van der Waals surface area contributed by atoms with Crippen LogP contribution >= 0.6 is 22.7 Å². The van der Waals surface area contributed by atoms with Gasteiger partial charge < -0.3 is 17.7 Å². The van der Waals surface area contributed by atoms with E-state index in [1.165, 1.54) is 36.9 Å². The molecule has 0 aliphatic rings. The molecule has 480 valence electrons. The van der Waals surface area contributed by atoms with E-state index in [1.54, 1.807) is 16.8 Å². The average Bonchev–Trinajstić information content (AvgIpc) is 1.75. The van der Waals surface area contributed by atoms with E-state index in [1.807, 2.05) is 151 Å². The second-order valence-corrected chi connectivity index (χ2v) is 36.2. The minimum absolute atomic E-state index is 0.0213. The van der Waals surface area contributed by atoms with Crippen LogP contribution in [0.25, 0.3) is 0 Å². The van der Waals surface area contributed by atoms with Crippen LogP contribution in [0.15, 0.2) is 54.3 Å². The highest BCUT2D eigenvalue weighted by Gasteiger charge is 2.30. The summed E-state index contributed by atoms with van der Waals surface area (Å²) in [5.74, 6) is 2.52. The fourth-order valence-corrected chi connectivity index (χ4v) is 9.86. The van der Waals surface area contributed by atoms with Gasteiger partial charge >= 0.3 is 0 Å². The molecule has 0 N–H and O–H groups in total. The highest BCUT2D eigenvalue weighted by molar-refractivity contribution is 7.10. The zero-order chi connectivity index (χ0) is 73.9. The Morgan fingerprint density at radius 1 is 0.298 bits per heavy atom. The van der Waals surface area contributed by atoms with E-state index in [-0.39, 0.29) is 67.9 Å². The van der Waals surface area contributed by atoms with Gasteiger partial charge in [-0.2, -0.15) is 0 Å². The molecule has 12 heteroatoms. The molecule has 6 aromatic rings. The van der Waals surface area contributed by atoms with E-state index in [0.717, 1.165) is 38.3 Å². The molecule has 6 heterocycles. The molecule has 0 bridgehead atoms. The summed E-state index contributed by atoms with van der Waals surface area (Å²) in [6.07, 6.45) is 0.315. The largest absolute Gasteiger partial charge is 0.448 e. The number of thiazole rings is 2. The monoisotopic (exact) mass is 1210 g/mol. The van der Waals surface area contributed by atoms with Crippen LogP contribution in [0.5, 0.6) is 0 Å². The molecule has 10 nitrogen and oxygen atoms in total. The zero-order valence-electron chi connectivity index (χ0n) is 68.8. The number of aromatic nitrogens is 6. The first kappa shape index (κ1) is 63.1. The number of rotatable bonds is 6. The summed E-state index contributed by atoms with van der Waals surface area (Å²) in [5.41, 5.74) is 6.02. The van der Waals surface area contributed by atoms with Gasteiger partial charge in [0.15, 0.2) is 25.6 Å². The Kier molecular flexibility index (Phi) is 22.1. The molecule has 0 aromatic carbocycles. The molecular formula is C72H126N6O4S2. The van der Waals surface area contributed by atoms with Gasteiger partial charge in [0.1, 0.15) is 23.0 Å². The average molecular weight is 1210 g/mol. The van der Waals surface area contributed by atoms with Crippen molar-refractivity contribution in [2.75, 3.05) is 0 Å². The molecule has 0 radical (unpaired) electrons. The molecular weight excluding hydrogens is 1080 g/mol. The van der Waals surface area contributed by atoms with Gasteiger partial charge in [0.05, 0.1) is 45.2 Å². The molecule has 0 aliphatic carbocycles. The van der Waals surface area contributed by atoms with Crippen LogP contribution in [0.1, 0.15) is 329 Å². The van der Waals surface area contributed by atoms with Gasteiger partial charge in [-0.05, 0) is 58.0 Å². The van der Waals surface area contributed by atoms with E-state index in [0.29, 0.717) is 28.7 Å². The summed E-state index contributed by atoms with van der Waals surface area (Å²) in [5, 5.41) is 0. The maximum Gasteiger partial charge on any atom is 0.181 e. The second kappa shape index (κ2) is 29.4. The van der Waals surface area contributed by atoms with Crippen molar-refractivity contribution < 1.29 is 30.0 Å². The first-order valence-corrected chi connectivity index (χ1v) is 31.5. The summed E-state index contributed by atoms with van der Waals surface area (Å²) >= 11 is 3.04. The van der Waals surface area contributed by atoms with Crippen molar-refractivity contribution in [3.63, 3.8) is 0 Å². The van der Waals surface area contributed by atoms with Gasteiger partial charge in [-0.25, -0.2) is 29.9 Å². The molecule has 0 saturated carbocycles. The molecule has 3 unspecified atom stereocenters. The van der Waals surface area contributed by atoms with Gasteiger partial charge in [0.25, 0.3) is 0 Å². The van der Waals surface area contributed by atoms with Crippen LogP contribution in [0.2, 0.25) is 0 Å². The number of oxazole rings is 4. The lowest BCUT2D eigenvalue weighted by molar-refractivity contribution is 0.355. The standard InChI is InChI=1S/4C12H21NO.2C12H21NS/c2*1-11(2,3)7-9-10(12(4,5)6)13-8-14-9;2*1-11(2,3)7-9-10(12(4,5)6)14-8-13-9;2*1-11(2,3)7-9-10(12(4,5)6)13-8-14-9/h6*8H,7H2,1-6H3/i7D2;7D;7D2;7D;7D2;7D. The van der Waals surface area contributed by atoms with Crippen LogP contribution in [0.3, 0.4) is 0 Å². The minimum Gasteiger partial charge on any atom is -0.448 e. The molecule has 84 heavy (non-hydrogen) atoms. The molecule has 0 fully saturated rings. The number of hydrogen-bond donors (Lipinski definition) is 0. The Balaban J connectivity index is 0.000000558. The quantitative estimate of drug-likeness (QED) is 0.159. The van der Waals surface area contributed by atoms with Crippen LogP contribution in [0, 0.1) is 32.5 Å². The van der Waals surface area contributed by atoms with Crippen molar-refractivity contribution in [2.45, 2.75) is 320 Å². The maximum absolute atomic E-state index is 8.29. The Bertz CT molecular complexity index is 2870. The molecule has 0 saturated heterocycles. The van der Waals surface area contributed by atoms with Gasteiger partial charge in [0.2, 0.25) is 0 Å². The Morgan fingerprint density at radius 3 is 0.976 bits per heavy atom. The Hall–Kier alpha value is -3.90. The van der Waals surface area contributed by atoms with Crippen molar-refractivity contribution in [3.05, 3.63) is 104 Å². The summed E-state index contributed by atoms with van der Waals surface area (Å²) in [7, 11) is 0. The predicted octanol–water partition coefficient (Wildman–Crippen LogP) is 22.3. The van der Waals surface area contributed by atoms with Crippen molar-refractivity contribution in [2.24, 2.45) is 32.5 Å². The third-order valence-electron chi connectivity index (χ3n) is 10.9. The molecule has 6 aromatic heterocycles. The minimum atomic E-state index is -1.52. The van der Waals surface area contributed by atoms with Crippen molar-refractivity contribution in [1.29, 1.82) is 0 Å². The third kappa shape index (κ3) is 31.1. The van der Waals surface area contributed by atoms with Crippen LogP contribution < -0.4 is 0 Å². The van der Waals surface area contributed by atoms with E-state index >= 15 is 0 Å². The topological polar surface area (TPSA) is 130 Å². The predicted molar refractivity (Wildman–Crippen MR) is 361 cm³/mol. The van der Waals surface area contributed by atoms with Gasteiger partial charge in [-0.1, -0.05) is 249 Å². The van der Waals surface area contributed by atoms with Gasteiger partial charge in [-0.3, -0.25) is 0 Å². The van der Waals surface area contributed by atoms with Crippen molar-refractivity contribution in [1.82, 2.24) is 29.9 Å². The van der Waals surface area contributed by atoms with Crippen LogP contribution in [0.4, 0.5) is 0 Å². The lowest BCUT2D eigenvalue weighted by Crippen LogP contribution is -2.17. The molecule has 3 atom stereocenters. The van der Waals surface area contributed by atoms with Gasteiger partial charge in [0, 0.05) is 67.4 Å². The highest BCUT2D eigenvalue weighted by Crippen LogP contribution is 2.36. The van der Waals surface area contributed by atoms with Crippen LogP contribution in [-0.4, -0.2) is 29.9 Å². The smallest absolute Gasteiger partial charge is 0.181 e. The van der Waals surface area contributed by atoms with E-state index in [9.17, 15) is 0 Å². The van der Waals surface area contributed by atoms with Crippen molar-refractivity contribution in [3.8, 4) is 0 Å². The third-order valence-corrected chi connectivity index (χ3v) is 12.4. The lowest BCUT2D eigenvalue weighted by Gasteiger charge is -2.22. The summed E-state index contributed by atoms with van der Waals surface area (Å²) in [4.78, 5) is 27.3. The number of nitrogens with zero attached hydrogens (tertiary/aromatic N) is 6. The second-order valence-electron chi connectivity index (χ2n) is 34.4. The van der Waals surface area contributed by atoms with E-state index in [2.05, 4.69) is 134 Å². The molecule has 0 amide bonds. The van der Waals surface area contributed by atoms with Crippen molar-refractivity contribution >= 4 is 22.7 Å². The zero-order valence-corrected chi connectivity index (χ0v) is 61.5. The Labute approximate surface area is 536 Å². The van der Waals surface area contributed by atoms with E-state index in [4.69, 9.17) is 30.0 Å². The van der Waals surface area contributed by atoms with E-state index < -0.39 is 35.4 Å². The highest BCUT2D eigenvalue weighted by atomic mass is 32.1. The number of hydrogen-bond acceptors (Lipinski definition) is 12. The SMILES string of the molecule is [2H]C([2H])(c1ncoc1C(C)(C)C)C(C)(C)C.[2H]C([2H])(c1ocnc1C(C)(C)C)C(C)(C)C.[2H]C([2H])(c1scnc1C(C)(C)C)C(C)(C)C.[2H]C(c1ncoc1C(C)(C)C)C(C)(C)C.[2H]C(c1ocnc1C(C)(C)C)C(C)(C)C.[2H]C(c1scnc1C(C)(C)C)C(C)(C)C. The summed E-state index contributed by atoms with van der Waals surface area (Å²) < 4.78 is 95.4. The first-order valence-electron chi connectivity index (χ1n) is 34.5. The fraction of sp³-hybridized carbons (Fsp3) is 0.750. The first-order chi connectivity index (χ1) is 40.8. The fourth-order valence-electron chi connectivity index (χ4n) is 7.60. The summed E-state index contributed by atoms with van der Waals surface area (Å²) in [6.45, 7) is 72.8. The van der Waals surface area contributed by atoms with Gasteiger partial charge in [-0.15, -0.1) is 22.7 Å². The summed E-state index contributed by atoms with van der Waals surface area (Å²) in [6, 6.07) is 0. The van der Waals surface area contributed by atoms with Crippen LogP contribution in [-0.2, 0) is 70.8 Å².